The Kier molecular flexibility index (Phi) is 4.01. The lowest BCUT2D eigenvalue weighted by atomic mass is 10.1. The Morgan fingerprint density at radius 2 is 2.39 bits per heavy atom. The van der Waals surface area contributed by atoms with Crippen molar-refractivity contribution in [1.82, 2.24) is 0 Å². The Morgan fingerprint density at radius 1 is 1.61 bits per heavy atom. The molecule has 1 aliphatic heterocycles. The molecule has 18 heavy (non-hydrogen) atoms. The number of hydrogen-bond acceptors (Lipinski definition) is 4. The standard InChI is InChI=1S/C13H18N2O2S/c1-2-10-8-15(5-6-18-10)12-7-9(14)3-4-11(12)13(16)17/h3-4,7,10H,2,5-6,8,14H2,1H3,(H,16,17). The van der Waals surface area contributed by atoms with Crippen LogP contribution < -0.4 is 10.6 Å². The Morgan fingerprint density at radius 3 is 3.06 bits per heavy atom. The lowest BCUT2D eigenvalue weighted by molar-refractivity contribution is 0.0697. The SMILES string of the molecule is CCC1CN(c2cc(N)ccc2C(=O)O)CCS1. The minimum atomic E-state index is -0.892. The number of anilines is 2. The molecule has 1 fully saturated rings. The maximum atomic E-state index is 11.3. The normalized spacial score (nSPS) is 19.8. The zero-order chi connectivity index (χ0) is 13.1. The third kappa shape index (κ3) is 2.72. The lowest BCUT2D eigenvalue weighted by Crippen LogP contribution is -2.38. The van der Waals surface area contributed by atoms with Crippen molar-refractivity contribution in [2.45, 2.75) is 18.6 Å². The molecule has 0 amide bonds. The van der Waals surface area contributed by atoms with E-state index in [-0.39, 0.29) is 0 Å². The second-order valence-corrected chi connectivity index (χ2v) is 5.84. The summed E-state index contributed by atoms with van der Waals surface area (Å²) < 4.78 is 0. The van der Waals surface area contributed by atoms with Crippen molar-refractivity contribution in [2.75, 3.05) is 29.5 Å². The minimum Gasteiger partial charge on any atom is -0.478 e. The summed E-state index contributed by atoms with van der Waals surface area (Å²) in [6, 6.07) is 5.00. The fourth-order valence-corrected chi connectivity index (χ4v) is 3.36. The van der Waals surface area contributed by atoms with Gasteiger partial charge in [-0.1, -0.05) is 6.92 Å². The maximum Gasteiger partial charge on any atom is 0.337 e. The summed E-state index contributed by atoms with van der Waals surface area (Å²) in [6.45, 7) is 3.94. The van der Waals surface area contributed by atoms with E-state index in [0.29, 0.717) is 16.5 Å². The van der Waals surface area contributed by atoms with Gasteiger partial charge in [-0.2, -0.15) is 11.8 Å². The summed E-state index contributed by atoms with van der Waals surface area (Å²) in [5.74, 6) is 0.142. The molecule has 0 aliphatic carbocycles. The quantitative estimate of drug-likeness (QED) is 0.822. The number of carbonyl (C=O) groups is 1. The molecule has 1 aliphatic rings. The molecule has 1 unspecified atom stereocenters. The molecule has 0 aromatic heterocycles. The summed E-state index contributed by atoms with van der Waals surface area (Å²) in [5.41, 5.74) is 7.48. The second-order valence-electron chi connectivity index (χ2n) is 4.43. The molecular weight excluding hydrogens is 248 g/mol. The van der Waals surface area contributed by atoms with E-state index in [1.807, 2.05) is 11.8 Å². The zero-order valence-electron chi connectivity index (χ0n) is 10.4. The van der Waals surface area contributed by atoms with Gasteiger partial charge in [0.2, 0.25) is 0 Å². The molecule has 0 spiro atoms. The summed E-state index contributed by atoms with van der Waals surface area (Å²) in [4.78, 5) is 13.4. The molecule has 1 aromatic carbocycles. The number of nitrogens with two attached hydrogens (primary N) is 1. The van der Waals surface area contributed by atoms with E-state index in [9.17, 15) is 9.90 Å². The van der Waals surface area contributed by atoms with Gasteiger partial charge in [-0.15, -0.1) is 0 Å². The number of benzene rings is 1. The lowest BCUT2D eigenvalue weighted by Gasteiger charge is -2.34. The van der Waals surface area contributed by atoms with Crippen molar-refractivity contribution < 1.29 is 9.90 Å². The van der Waals surface area contributed by atoms with E-state index in [1.165, 1.54) is 0 Å². The van der Waals surface area contributed by atoms with E-state index in [0.717, 1.165) is 31.0 Å². The molecule has 98 valence electrons. The molecule has 1 aromatic rings. The number of thioether (sulfide) groups is 1. The molecule has 1 atom stereocenters. The fraction of sp³-hybridized carbons (Fsp3) is 0.462. The summed E-state index contributed by atoms with van der Waals surface area (Å²) in [7, 11) is 0. The number of rotatable bonds is 3. The molecule has 0 saturated carbocycles. The van der Waals surface area contributed by atoms with Gasteiger partial charge in [-0.3, -0.25) is 0 Å². The second kappa shape index (κ2) is 5.52. The number of hydrogen-bond donors (Lipinski definition) is 2. The van der Waals surface area contributed by atoms with Gasteiger partial charge in [0.1, 0.15) is 0 Å². The van der Waals surface area contributed by atoms with Crippen LogP contribution >= 0.6 is 11.8 Å². The van der Waals surface area contributed by atoms with Crippen LogP contribution in [0, 0.1) is 0 Å². The smallest absolute Gasteiger partial charge is 0.337 e. The Labute approximate surface area is 111 Å². The number of nitrogens with zero attached hydrogens (tertiary/aromatic N) is 1. The Hall–Kier alpha value is -1.36. The Balaban J connectivity index is 2.31. The molecule has 1 heterocycles. The number of aromatic carboxylic acids is 1. The van der Waals surface area contributed by atoms with Crippen molar-refractivity contribution in [1.29, 1.82) is 0 Å². The van der Waals surface area contributed by atoms with Gasteiger partial charge in [0, 0.05) is 29.8 Å². The van der Waals surface area contributed by atoms with Crippen molar-refractivity contribution in [3.8, 4) is 0 Å². The van der Waals surface area contributed by atoms with Crippen LogP contribution in [0.4, 0.5) is 11.4 Å². The Bertz CT molecular complexity index is 451. The van der Waals surface area contributed by atoms with Crippen LogP contribution in [-0.4, -0.2) is 35.2 Å². The molecule has 4 nitrogen and oxygen atoms in total. The van der Waals surface area contributed by atoms with E-state index in [2.05, 4.69) is 11.8 Å². The van der Waals surface area contributed by atoms with E-state index >= 15 is 0 Å². The first kappa shape index (κ1) is 13.1. The molecule has 1 saturated heterocycles. The number of nitrogen functional groups attached to an aromatic ring is 1. The monoisotopic (exact) mass is 266 g/mol. The molecular formula is C13H18N2O2S. The van der Waals surface area contributed by atoms with Crippen molar-refractivity contribution in [3.63, 3.8) is 0 Å². The first-order chi connectivity index (χ1) is 8.61. The van der Waals surface area contributed by atoms with Crippen molar-refractivity contribution in [3.05, 3.63) is 23.8 Å². The highest BCUT2D eigenvalue weighted by Gasteiger charge is 2.23. The van der Waals surface area contributed by atoms with E-state index < -0.39 is 5.97 Å². The topological polar surface area (TPSA) is 66.6 Å². The van der Waals surface area contributed by atoms with Crippen LogP contribution in [0.5, 0.6) is 0 Å². The maximum absolute atomic E-state index is 11.3. The predicted octanol–water partition coefficient (Wildman–Crippen LogP) is 2.30. The zero-order valence-corrected chi connectivity index (χ0v) is 11.2. The van der Waals surface area contributed by atoms with Gasteiger partial charge in [0.25, 0.3) is 0 Å². The average molecular weight is 266 g/mol. The number of carboxylic acid groups (broad SMARTS) is 1. The van der Waals surface area contributed by atoms with Gasteiger partial charge in [-0.25, -0.2) is 4.79 Å². The molecule has 2 rings (SSSR count). The van der Waals surface area contributed by atoms with Crippen LogP contribution in [-0.2, 0) is 0 Å². The van der Waals surface area contributed by atoms with Crippen LogP contribution in [0.15, 0.2) is 18.2 Å². The predicted molar refractivity (Wildman–Crippen MR) is 76.6 cm³/mol. The van der Waals surface area contributed by atoms with Crippen LogP contribution in [0.3, 0.4) is 0 Å². The molecule has 0 bridgehead atoms. The van der Waals surface area contributed by atoms with Crippen molar-refractivity contribution in [2.24, 2.45) is 0 Å². The summed E-state index contributed by atoms with van der Waals surface area (Å²) >= 11 is 1.96. The minimum absolute atomic E-state index is 0.339. The van der Waals surface area contributed by atoms with Crippen molar-refractivity contribution >= 4 is 29.1 Å². The molecule has 3 N–H and O–H groups in total. The van der Waals surface area contributed by atoms with E-state index in [1.54, 1.807) is 18.2 Å². The van der Waals surface area contributed by atoms with Gasteiger partial charge >= 0.3 is 5.97 Å². The van der Waals surface area contributed by atoms with E-state index in [4.69, 9.17) is 5.73 Å². The largest absolute Gasteiger partial charge is 0.478 e. The first-order valence-electron chi connectivity index (χ1n) is 6.11. The summed E-state index contributed by atoms with van der Waals surface area (Å²) in [6.07, 6.45) is 1.10. The van der Waals surface area contributed by atoms with Crippen LogP contribution in [0.25, 0.3) is 0 Å². The van der Waals surface area contributed by atoms with Crippen LogP contribution in [0.1, 0.15) is 23.7 Å². The third-order valence-electron chi connectivity index (χ3n) is 3.19. The van der Waals surface area contributed by atoms with Gasteiger partial charge in [0.15, 0.2) is 0 Å². The fourth-order valence-electron chi connectivity index (χ4n) is 2.18. The number of carboxylic acids is 1. The van der Waals surface area contributed by atoms with Crippen LogP contribution in [0.2, 0.25) is 0 Å². The van der Waals surface area contributed by atoms with Gasteiger partial charge in [0.05, 0.1) is 11.3 Å². The summed E-state index contributed by atoms with van der Waals surface area (Å²) in [5, 5.41) is 9.81. The van der Waals surface area contributed by atoms with Gasteiger partial charge in [-0.05, 0) is 24.6 Å². The molecule has 0 radical (unpaired) electrons. The third-order valence-corrected chi connectivity index (χ3v) is 4.56. The highest BCUT2D eigenvalue weighted by molar-refractivity contribution is 8.00. The highest BCUT2D eigenvalue weighted by atomic mass is 32.2. The van der Waals surface area contributed by atoms with Gasteiger partial charge < -0.3 is 15.7 Å². The first-order valence-corrected chi connectivity index (χ1v) is 7.16. The molecule has 5 heteroatoms. The average Bonchev–Trinajstić information content (AvgIpc) is 2.38. The highest BCUT2D eigenvalue weighted by Crippen LogP contribution is 2.29.